The van der Waals surface area contributed by atoms with Crippen molar-refractivity contribution in [3.63, 3.8) is 0 Å². The van der Waals surface area contributed by atoms with Gasteiger partial charge in [-0.15, -0.1) is 0 Å². The Morgan fingerprint density at radius 1 is 1.26 bits per heavy atom. The van der Waals surface area contributed by atoms with Gasteiger partial charge in [0.2, 0.25) is 0 Å². The van der Waals surface area contributed by atoms with Crippen molar-refractivity contribution < 1.29 is 27.9 Å². The number of carboxylic acids is 1. The van der Waals surface area contributed by atoms with Crippen LogP contribution in [0.3, 0.4) is 0 Å². The van der Waals surface area contributed by atoms with Crippen LogP contribution in [0, 0.1) is 0 Å². The average Bonchev–Trinajstić information content (AvgIpc) is 2.24. The summed E-state index contributed by atoms with van der Waals surface area (Å²) in [5.74, 6) is -3.93. The molecule has 1 aromatic carbocycles. The molecule has 0 aliphatic heterocycles. The first-order valence-corrected chi connectivity index (χ1v) is 5.44. The minimum Gasteiger partial charge on any atom is -0.480 e. The molecule has 9 heteroatoms. The monoisotopic (exact) mass is 315 g/mol. The number of carboxylic acid groups (broad SMARTS) is 1. The highest BCUT2D eigenvalue weighted by atomic mass is 35.5. The molecule has 0 aliphatic carbocycles. The SMILES string of the molecule is O=C(O)CN(C(=O)C(F)(F)F)c1ccc(Cl)cc1Cl. The second kappa shape index (κ2) is 5.66. The summed E-state index contributed by atoms with van der Waals surface area (Å²) in [4.78, 5) is 21.8. The summed E-state index contributed by atoms with van der Waals surface area (Å²) in [6, 6.07) is 3.34. The molecule has 1 aromatic rings. The van der Waals surface area contributed by atoms with Gasteiger partial charge in [-0.25, -0.2) is 0 Å². The van der Waals surface area contributed by atoms with Crippen molar-refractivity contribution in [2.45, 2.75) is 6.18 Å². The van der Waals surface area contributed by atoms with E-state index in [0.29, 0.717) is 0 Å². The molecule has 0 saturated heterocycles. The number of carbonyl (C=O) groups is 2. The first kappa shape index (κ1) is 15.6. The van der Waals surface area contributed by atoms with Crippen molar-refractivity contribution in [3.05, 3.63) is 28.2 Å². The van der Waals surface area contributed by atoms with E-state index in [4.69, 9.17) is 28.3 Å². The van der Waals surface area contributed by atoms with E-state index >= 15 is 0 Å². The van der Waals surface area contributed by atoms with Crippen LogP contribution in [0.1, 0.15) is 0 Å². The van der Waals surface area contributed by atoms with Gasteiger partial charge in [0.25, 0.3) is 0 Å². The number of carbonyl (C=O) groups excluding carboxylic acids is 1. The molecule has 0 unspecified atom stereocenters. The van der Waals surface area contributed by atoms with E-state index in [9.17, 15) is 22.8 Å². The maximum Gasteiger partial charge on any atom is 0.471 e. The summed E-state index contributed by atoms with van der Waals surface area (Å²) >= 11 is 11.2. The Balaban J connectivity index is 3.24. The third-order valence-corrected chi connectivity index (χ3v) is 2.52. The van der Waals surface area contributed by atoms with Crippen molar-refractivity contribution >= 4 is 40.8 Å². The summed E-state index contributed by atoms with van der Waals surface area (Å²) in [6.07, 6.45) is -5.21. The maximum absolute atomic E-state index is 12.4. The van der Waals surface area contributed by atoms with E-state index < -0.39 is 24.6 Å². The van der Waals surface area contributed by atoms with E-state index in [1.807, 2.05) is 0 Å². The van der Waals surface area contributed by atoms with Crippen LogP contribution in [0.15, 0.2) is 18.2 Å². The molecule has 1 amide bonds. The Morgan fingerprint density at radius 2 is 1.84 bits per heavy atom. The minimum atomic E-state index is -5.21. The Morgan fingerprint density at radius 3 is 2.26 bits per heavy atom. The summed E-state index contributed by atoms with van der Waals surface area (Å²) in [5, 5.41) is 8.46. The van der Waals surface area contributed by atoms with Crippen LogP contribution in [0.25, 0.3) is 0 Å². The predicted molar refractivity (Wildman–Crippen MR) is 62.5 cm³/mol. The molecule has 0 radical (unpaired) electrons. The number of halogens is 5. The first-order valence-electron chi connectivity index (χ1n) is 4.68. The molecule has 0 fully saturated rings. The van der Waals surface area contributed by atoms with Crippen molar-refractivity contribution in [1.29, 1.82) is 0 Å². The van der Waals surface area contributed by atoms with Gasteiger partial charge >= 0.3 is 18.1 Å². The molecule has 0 atom stereocenters. The van der Waals surface area contributed by atoms with Crippen LogP contribution < -0.4 is 4.90 Å². The molecule has 19 heavy (non-hydrogen) atoms. The number of amides is 1. The summed E-state index contributed by atoms with van der Waals surface area (Å²) in [6.45, 7) is -1.17. The molecule has 0 aromatic heterocycles. The second-order valence-electron chi connectivity index (χ2n) is 3.38. The number of alkyl halides is 3. The van der Waals surface area contributed by atoms with Gasteiger partial charge in [-0.3, -0.25) is 14.5 Å². The van der Waals surface area contributed by atoms with Crippen LogP contribution >= 0.6 is 23.2 Å². The molecule has 1 rings (SSSR count). The lowest BCUT2D eigenvalue weighted by atomic mass is 10.2. The van der Waals surface area contributed by atoms with E-state index in [-0.39, 0.29) is 20.6 Å². The zero-order valence-electron chi connectivity index (χ0n) is 9.04. The fourth-order valence-electron chi connectivity index (χ4n) is 1.25. The summed E-state index contributed by atoms with van der Waals surface area (Å²) in [5.41, 5.74) is -0.379. The van der Waals surface area contributed by atoms with Gasteiger partial charge in [-0.05, 0) is 18.2 Å². The van der Waals surface area contributed by atoms with Crippen molar-refractivity contribution in [3.8, 4) is 0 Å². The van der Waals surface area contributed by atoms with Gasteiger partial charge in [0.05, 0.1) is 10.7 Å². The van der Waals surface area contributed by atoms with E-state index in [2.05, 4.69) is 0 Å². The third kappa shape index (κ3) is 4.00. The van der Waals surface area contributed by atoms with Gasteiger partial charge in [-0.1, -0.05) is 23.2 Å². The molecule has 0 saturated carbocycles. The number of benzene rings is 1. The lowest BCUT2D eigenvalue weighted by Crippen LogP contribution is -2.44. The van der Waals surface area contributed by atoms with Crippen LogP contribution in [0.4, 0.5) is 18.9 Å². The summed E-state index contributed by atoms with van der Waals surface area (Å²) < 4.78 is 37.2. The highest BCUT2D eigenvalue weighted by Gasteiger charge is 2.44. The fraction of sp³-hybridized carbons (Fsp3) is 0.200. The zero-order valence-corrected chi connectivity index (χ0v) is 10.6. The number of rotatable bonds is 3. The normalized spacial score (nSPS) is 11.2. The third-order valence-electron chi connectivity index (χ3n) is 1.98. The van der Waals surface area contributed by atoms with Gasteiger partial charge in [0.15, 0.2) is 0 Å². The van der Waals surface area contributed by atoms with E-state index in [1.54, 1.807) is 0 Å². The van der Waals surface area contributed by atoms with Crippen molar-refractivity contribution in [1.82, 2.24) is 0 Å². The van der Waals surface area contributed by atoms with Crippen LogP contribution in [0.2, 0.25) is 10.0 Å². The van der Waals surface area contributed by atoms with Gasteiger partial charge < -0.3 is 5.11 Å². The molecule has 104 valence electrons. The Kier molecular flexibility index (Phi) is 4.65. The van der Waals surface area contributed by atoms with Crippen LogP contribution in [-0.2, 0) is 9.59 Å². The Bertz CT molecular complexity index is 519. The molecule has 0 spiro atoms. The lowest BCUT2D eigenvalue weighted by molar-refractivity contribution is -0.170. The summed E-state index contributed by atoms with van der Waals surface area (Å²) in [7, 11) is 0. The first-order chi connectivity index (χ1) is 8.62. The van der Waals surface area contributed by atoms with E-state index in [0.717, 1.165) is 12.1 Å². The number of aliphatic carboxylic acids is 1. The van der Waals surface area contributed by atoms with Gasteiger partial charge in [-0.2, -0.15) is 13.2 Å². The molecule has 0 heterocycles. The lowest BCUT2D eigenvalue weighted by Gasteiger charge is -2.23. The molecular weight excluding hydrogens is 310 g/mol. The average molecular weight is 316 g/mol. The molecule has 4 nitrogen and oxygen atoms in total. The number of nitrogens with zero attached hydrogens (tertiary/aromatic N) is 1. The quantitative estimate of drug-likeness (QED) is 0.933. The molecule has 1 N–H and O–H groups in total. The second-order valence-corrected chi connectivity index (χ2v) is 4.22. The van der Waals surface area contributed by atoms with Gasteiger partial charge in [0, 0.05) is 5.02 Å². The Labute approximate surface area is 115 Å². The van der Waals surface area contributed by atoms with Crippen LogP contribution in [0.5, 0.6) is 0 Å². The topological polar surface area (TPSA) is 57.6 Å². The minimum absolute atomic E-state index is 0.0288. The van der Waals surface area contributed by atoms with E-state index in [1.165, 1.54) is 6.07 Å². The number of hydrogen-bond acceptors (Lipinski definition) is 2. The van der Waals surface area contributed by atoms with Crippen LogP contribution in [-0.4, -0.2) is 29.7 Å². The largest absolute Gasteiger partial charge is 0.480 e. The maximum atomic E-state index is 12.4. The zero-order chi connectivity index (χ0) is 14.8. The molecule has 0 aliphatic rings. The highest BCUT2D eigenvalue weighted by molar-refractivity contribution is 6.36. The predicted octanol–water partition coefficient (Wildman–Crippen LogP) is 2.97. The number of hydrogen-bond donors (Lipinski definition) is 1. The fourth-order valence-corrected chi connectivity index (χ4v) is 1.77. The molecular formula is C10H6Cl2F3NO3. The smallest absolute Gasteiger partial charge is 0.471 e. The highest BCUT2D eigenvalue weighted by Crippen LogP contribution is 2.31. The Hall–Kier alpha value is -1.47. The number of anilines is 1. The van der Waals surface area contributed by atoms with Gasteiger partial charge in [0.1, 0.15) is 6.54 Å². The van der Waals surface area contributed by atoms with Crippen molar-refractivity contribution in [2.24, 2.45) is 0 Å². The van der Waals surface area contributed by atoms with Crippen molar-refractivity contribution in [2.75, 3.05) is 11.4 Å². The molecule has 0 bridgehead atoms. The standard InChI is InChI=1S/C10H6Cl2F3NO3/c11-5-1-2-7(6(12)3-5)16(4-8(17)18)9(19)10(13,14)15/h1-3H,4H2,(H,17,18).